The topological polar surface area (TPSA) is 17.8 Å². The second-order valence-electron chi connectivity index (χ2n) is 4.85. The molecule has 1 fully saturated rings. The van der Waals surface area contributed by atoms with Crippen LogP contribution in [0.3, 0.4) is 0 Å². The maximum Gasteiger partial charge on any atom is 0.111 e. The second-order valence-corrected chi connectivity index (χ2v) is 7.07. The Balaban J connectivity index is 2.00. The fraction of sp³-hybridized carbons (Fsp3) is 0.500. The third-order valence-electron chi connectivity index (χ3n) is 3.52. The summed E-state index contributed by atoms with van der Waals surface area (Å²) < 4.78 is 2.33. The number of imidazole rings is 1. The number of aryl methyl sites for hydroxylation is 1. The van der Waals surface area contributed by atoms with Crippen LogP contribution in [0.15, 0.2) is 18.2 Å². The number of aromatic nitrogens is 2. The van der Waals surface area contributed by atoms with E-state index in [0.29, 0.717) is 11.1 Å². The molecule has 0 aliphatic carbocycles. The van der Waals surface area contributed by atoms with Crippen LogP contribution in [-0.2, 0) is 13.0 Å². The van der Waals surface area contributed by atoms with E-state index in [1.165, 1.54) is 24.1 Å². The van der Waals surface area contributed by atoms with Crippen molar-refractivity contribution in [2.45, 2.75) is 31.1 Å². The van der Waals surface area contributed by atoms with E-state index in [-0.39, 0.29) is 0 Å². The molecular formula is C14H16Cl2N2S. The highest BCUT2D eigenvalue weighted by molar-refractivity contribution is 8.00. The van der Waals surface area contributed by atoms with Crippen molar-refractivity contribution < 1.29 is 0 Å². The molecule has 0 N–H and O–H groups in total. The van der Waals surface area contributed by atoms with Gasteiger partial charge in [0.25, 0.3) is 0 Å². The van der Waals surface area contributed by atoms with E-state index in [1.54, 1.807) is 0 Å². The van der Waals surface area contributed by atoms with Gasteiger partial charge in [0.2, 0.25) is 0 Å². The molecule has 102 valence electrons. The molecule has 1 aliphatic rings. The van der Waals surface area contributed by atoms with Crippen molar-refractivity contribution in [1.82, 2.24) is 9.55 Å². The predicted molar refractivity (Wildman–Crippen MR) is 84.6 cm³/mol. The van der Waals surface area contributed by atoms with Crippen LogP contribution in [0.2, 0.25) is 5.02 Å². The third kappa shape index (κ3) is 2.88. The van der Waals surface area contributed by atoms with E-state index in [2.05, 4.69) is 22.4 Å². The van der Waals surface area contributed by atoms with Gasteiger partial charge < -0.3 is 4.57 Å². The summed E-state index contributed by atoms with van der Waals surface area (Å²) >= 11 is 14.0. The number of halogens is 2. The van der Waals surface area contributed by atoms with Gasteiger partial charge in [-0.3, -0.25) is 0 Å². The summed E-state index contributed by atoms with van der Waals surface area (Å²) in [5, 5.41) is 1.45. The molecule has 3 rings (SSSR count). The van der Waals surface area contributed by atoms with E-state index in [9.17, 15) is 0 Å². The largest absolute Gasteiger partial charge is 0.327 e. The molecule has 2 aromatic rings. The van der Waals surface area contributed by atoms with Crippen molar-refractivity contribution in [2.24, 2.45) is 0 Å². The minimum absolute atomic E-state index is 0.606. The maximum atomic E-state index is 6.05. The average Bonchev–Trinajstić information content (AvgIpc) is 2.99. The average molecular weight is 315 g/mol. The van der Waals surface area contributed by atoms with Crippen molar-refractivity contribution in [3.8, 4) is 0 Å². The minimum Gasteiger partial charge on any atom is -0.327 e. The van der Waals surface area contributed by atoms with Crippen LogP contribution in [0.1, 0.15) is 18.7 Å². The van der Waals surface area contributed by atoms with Gasteiger partial charge in [0.15, 0.2) is 0 Å². The highest BCUT2D eigenvalue weighted by Crippen LogP contribution is 2.30. The van der Waals surface area contributed by atoms with Gasteiger partial charge in [-0.25, -0.2) is 4.98 Å². The molecule has 1 aliphatic heterocycles. The van der Waals surface area contributed by atoms with Crippen LogP contribution in [0.25, 0.3) is 11.0 Å². The number of thioether (sulfide) groups is 1. The molecule has 0 spiro atoms. The summed E-state index contributed by atoms with van der Waals surface area (Å²) in [6.45, 7) is 1.04. The Bertz CT molecular complexity index is 576. The Hall–Kier alpha value is -0.380. The fourth-order valence-electron chi connectivity index (χ4n) is 2.62. The maximum absolute atomic E-state index is 6.05. The van der Waals surface area contributed by atoms with Crippen LogP contribution in [0.5, 0.6) is 0 Å². The van der Waals surface area contributed by atoms with E-state index >= 15 is 0 Å². The number of hydrogen-bond acceptors (Lipinski definition) is 2. The molecule has 1 aromatic carbocycles. The van der Waals surface area contributed by atoms with Crippen molar-refractivity contribution >= 4 is 46.0 Å². The van der Waals surface area contributed by atoms with E-state index < -0.39 is 0 Å². The van der Waals surface area contributed by atoms with Crippen molar-refractivity contribution in [3.63, 3.8) is 0 Å². The summed E-state index contributed by atoms with van der Waals surface area (Å²) in [6.07, 6.45) is 3.45. The van der Waals surface area contributed by atoms with Crippen LogP contribution in [0, 0.1) is 0 Å². The van der Waals surface area contributed by atoms with Crippen LogP contribution >= 0.6 is 35.0 Å². The molecule has 19 heavy (non-hydrogen) atoms. The minimum atomic E-state index is 0.606. The number of alkyl halides is 1. The Morgan fingerprint density at radius 2 is 2.32 bits per heavy atom. The first kappa shape index (κ1) is 13.6. The summed E-state index contributed by atoms with van der Waals surface area (Å²) in [5.41, 5.74) is 2.16. The molecule has 2 nitrogen and oxygen atoms in total. The Morgan fingerprint density at radius 1 is 1.42 bits per heavy atom. The molecule has 1 aromatic heterocycles. The lowest BCUT2D eigenvalue weighted by atomic mass is 10.2. The second kappa shape index (κ2) is 5.94. The molecule has 0 radical (unpaired) electrons. The predicted octanol–water partition coefficient (Wildman–Crippen LogP) is 4.37. The monoisotopic (exact) mass is 314 g/mol. The molecule has 1 unspecified atom stereocenters. The van der Waals surface area contributed by atoms with Gasteiger partial charge in [0.1, 0.15) is 5.82 Å². The first-order chi connectivity index (χ1) is 9.28. The smallest absolute Gasteiger partial charge is 0.111 e. The van der Waals surface area contributed by atoms with E-state index in [4.69, 9.17) is 28.2 Å². The highest BCUT2D eigenvalue weighted by atomic mass is 35.5. The summed E-state index contributed by atoms with van der Waals surface area (Å²) in [6, 6.07) is 5.95. The zero-order chi connectivity index (χ0) is 13.2. The van der Waals surface area contributed by atoms with Crippen molar-refractivity contribution in [3.05, 3.63) is 29.0 Å². The third-order valence-corrected chi connectivity index (χ3v) is 5.32. The summed E-state index contributed by atoms with van der Waals surface area (Å²) in [5.74, 6) is 2.97. The van der Waals surface area contributed by atoms with Gasteiger partial charge in [-0.2, -0.15) is 11.8 Å². The molecule has 0 saturated carbocycles. The number of hydrogen-bond donors (Lipinski definition) is 0. The van der Waals surface area contributed by atoms with Crippen molar-refractivity contribution in [2.75, 3.05) is 11.6 Å². The number of benzene rings is 1. The number of fused-ring (bicyclic) bond motifs is 1. The van der Waals surface area contributed by atoms with Gasteiger partial charge in [0.05, 0.1) is 11.0 Å². The molecule has 1 saturated heterocycles. The quantitative estimate of drug-likeness (QED) is 0.780. The standard InChI is InChI=1S/C14H16Cl2N2S/c15-6-5-14-17-12-8-10(16)3-4-13(12)18(14)9-11-2-1-7-19-11/h3-4,8,11H,1-2,5-7,9H2. The lowest BCUT2D eigenvalue weighted by Crippen LogP contribution is -2.13. The molecule has 0 amide bonds. The first-order valence-electron chi connectivity index (χ1n) is 6.60. The van der Waals surface area contributed by atoms with Crippen LogP contribution in [0.4, 0.5) is 0 Å². The van der Waals surface area contributed by atoms with Crippen molar-refractivity contribution in [1.29, 1.82) is 0 Å². The van der Waals surface area contributed by atoms with Gasteiger partial charge in [0, 0.05) is 29.1 Å². The number of rotatable bonds is 4. The van der Waals surface area contributed by atoms with Gasteiger partial charge >= 0.3 is 0 Å². The Morgan fingerprint density at radius 3 is 3.05 bits per heavy atom. The highest BCUT2D eigenvalue weighted by Gasteiger charge is 2.19. The lowest BCUT2D eigenvalue weighted by molar-refractivity contribution is 0.627. The zero-order valence-electron chi connectivity index (χ0n) is 10.6. The number of nitrogens with zero attached hydrogens (tertiary/aromatic N) is 2. The van der Waals surface area contributed by atoms with Crippen LogP contribution < -0.4 is 0 Å². The molecule has 1 atom stereocenters. The Kier molecular flexibility index (Phi) is 4.25. The first-order valence-corrected chi connectivity index (χ1v) is 8.56. The molecule has 2 heterocycles. The summed E-state index contributed by atoms with van der Waals surface area (Å²) in [4.78, 5) is 4.69. The van der Waals surface area contributed by atoms with Gasteiger partial charge in [-0.15, -0.1) is 11.6 Å². The molecule has 0 bridgehead atoms. The fourth-order valence-corrected chi connectivity index (χ4v) is 4.21. The van der Waals surface area contributed by atoms with Gasteiger partial charge in [-0.05, 0) is 36.8 Å². The van der Waals surface area contributed by atoms with Gasteiger partial charge in [-0.1, -0.05) is 11.6 Å². The van der Waals surface area contributed by atoms with E-state index in [1.807, 2.05) is 12.1 Å². The SMILES string of the molecule is ClCCc1nc2cc(Cl)ccc2n1CC1CCCS1. The molecule has 5 heteroatoms. The molecular weight excluding hydrogens is 299 g/mol. The normalized spacial score (nSPS) is 19.4. The van der Waals surface area contributed by atoms with E-state index in [0.717, 1.165) is 29.3 Å². The van der Waals surface area contributed by atoms with Crippen LogP contribution in [-0.4, -0.2) is 26.4 Å². The summed E-state index contributed by atoms with van der Waals surface area (Å²) in [7, 11) is 0. The Labute approximate surface area is 127 Å². The zero-order valence-corrected chi connectivity index (χ0v) is 12.9. The lowest BCUT2D eigenvalue weighted by Gasteiger charge is -2.13.